The van der Waals surface area contributed by atoms with Crippen molar-refractivity contribution in [1.82, 2.24) is 25.4 Å². The van der Waals surface area contributed by atoms with Crippen molar-refractivity contribution in [3.63, 3.8) is 0 Å². The van der Waals surface area contributed by atoms with Crippen LogP contribution >= 0.6 is 24.0 Å². The number of aromatic nitrogens is 3. The minimum absolute atomic E-state index is 0. The average molecular weight is 555 g/mol. The van der Waals surface area contributed by atoms with Gasteiger partial charge in [0.2, 0.25) is 5.91 Å². The van der Waals surface area contributed by atoms with E-state index < -0.39 is 0 Å². The van der Waals surface area contributed by atoms with Gasteiger partial charge in [0.05, 0.1) is 6.54 Å². The molecule has 0 radical (unpaired) electrons. The van der Waals surface area contributed by atoms with E-state index in [1.807, 2.05) is 42.8 Å². The molecule has 3 rings (SSSR count). The number of fused-ring (bicyclic) bond motifs is 1. The van der Waals surface area contributed by atoms with Gasteiger partial charge in [-0.3, -0.25) is 9.79 Å². The Morgan fingerprint density at radius 2 is 2.19 bits per heavy atom. The maximum atomic E-state index is 12.0. The lowest BCUT2D eigenvalue weighted by molar-refractivity contribution is -0.116. The third-order valence-electron chi connectivity index (χ3n) is 5.00. The molecule has 176 valence electrons. The highest BCUT2D eigenvalue weighted by Gasteiger charge is 2.22. The summed E-state index contributed by atoms with van der Waals surface area (Å²) in [7, 11) is 3.41. The van der Waals surface area contributed by atoms with Gasteiger partial charge in [-0.2, -0.15) is 5.10 Å². The first-order valence-electron chi connectivity index (χ1n) is 10.7. The van der Waals surface area contributed by atoms with Crippen LogP contribution < -0.4 is 16.0 Å². The number of aryl methyl sites for hydroxylation is 1. The van der Waals surface area contributed by atoms with Crippen molar-refractivity contribution in [3.8, 4) is 0 Å². The van der Waals surface area contributed by atoms with E-state index in [1.165, 1.54) is 0 Å². The van der Waals surface area contributed by atoms with Gasteiger partial charge in [0, 0.05) is 45.3 Å². The molecule has 2 aromatic rings. The Hall–Kier alpha value is -2.21. The number of hydrogen-bond donors (Lipinski definition) is 3. The number of guanidine groups is 1. The van der Waals surface area contributed by atoms with Gasteiger partial charge < -0.3 is 20.7 Å². The molecule has 1 atom stereocenters. The van der Waals surface area contributed by atoms with Crippen LogP contribution in [-0.4, -0.2) is 46.8 Å². The van der Waals surface area contributed by atoms with Crippen molar-refractivity contribution in [2.75, 3.05) is 19.5 Å². The Morgan fingerprint density at radius 3 is 2.91 bits per heavy atom. The summed E-state index contributed by atoms with van der Waals surface area (Å²) in [6.45, 7) is 5.84. The van der Waals surface area contributed by atoms with E-state index in [4.69, 9.17) is 4.74 Å². The smallest absolute Gasteiger partial charge is 0.224 e. The number of halogens is 1. The zero-order valence-electron chi connectivity index (χ0n) is 19.2. The van der Waals surface area contributed by atoms with Crippen LogP contribution in [-0.2, 0) is 35.6 Å². The molecule has 1 aromatic carbocycles. The van der Waals surface area contributed by atoms with Crippen LogP contribution in [0.3, 0.4) is 0 Å². The van der Waals surface area contributed by atoms with Crippen molar-refractivity contribution in [2.24, 2.45) is 10.9 Å². The van der Waals surface area contributed by atoms with Gasteiger partial charge in [0.15, 0.2) is 11.8 Å². The highest BCUT2D eigenvalue weighted by Crippen LogP contribution is 2.14. The van der Waals surface area contributed by atoms with Crippen LogP contribution in [0.5, 0.6) is 0 Å². The molecule has 0 saturated carbocycles. The number of carbonyl (C=O) groups excluding carboxylic acids is 1. The van der Waals surface area contributed by atoms with Crippen LogP contribution in [0.25, 0.3) is 0 Å². The van der Waals surface area contributed by atoms with Crippen LogP contribution in [0.4, 0.5) is 5.69 Å². The summed E-state index contributed by atoms with van der Waals surface area (Å²) >= 11 is 0. The summed E-state index contributed by atoms with van der Waals surface area (Å²) in [5.74, 6) is 2.83. The first kappa shape index (κ1) is 26.0. The van der Waals surface area contributed by atoms with E-state index in [1.54, 1.807) is 14.2 Å². The van der Waals surface area contributed by atoms with E-state index in [2.05, 4.69) is 31.0 Å². The second-order valence-electron chi connectivity index (χ2n) is 8.21. The number of methoxy groups -OCH3 is 1. The highest BCUT2D eigenvalue weighted by atomic mass is 127. The number of ether oxygens (including phenoxy) is 1. The fraction of sp³-hybridized carbons (Fsp3) is 0.545. The number of carbonyl (C=O) groups is 1. The zero-order valence-corrected chi connectivity index (χ0v) is 21.6. The summed E-state index contributed by atoms with van der Waals surface area (Å²) in [5.41, 5.74) is 1.88. The molecule has 32 heavy (non-hydrogen) atoms. The number of benzene rings is 1. The number of nitrogens with zero attached hydrogens (tertiary/aromatic N) is 4. The maximum Gasteiger partial charge on any atom is 0.224 e. The van der Waals surface area contributed by atoms with Gasteiger partial charge in [0.1, 0.15) is 12.4 Å². The molecule has 9 nitrogen and oxygen atoms in total. The van der Waals surface area contributed by atoms with Crippen LogP contribution in [0.1, 0.15) is 43.9 Å². The predicted octanol–water partition coefficient (Wildman–Crippen LogP) is 2.71. The van der Waals surface area contributed by atoms with Crippen LogP contribution in [0, 0.1) is 5.92 Å². The van der Waals surface area contributed by atoms with Crippen molar-refractivity contribution in [3.05, 3.63) is 41.5 Å². The largest absolute Gasteiger partial charge is 0.377 e. The first-order chi connectivity index (χ1) is 15.0. The minimum Gasteiger partial charge on any atom is -0.377 e. The molecule has 0 bridgehead atoms. The third-order valence-corrected chi connectivity index (χ3v) is 5.00. The number of rotatable bonds is 8. The summed E-state index contributed by atoms with van der Waals surface area (Å²) in [6.07, 6.45) is 2.34. The van der Waals surface area contributed by atoms with Crippen LogP contribution in [0.2, 0.25) is 0 Å². The fourth-order valence-corrected chi connectivity index (χ4v) is 3.58. The third kappa shape index (κ3) is 7.73. The van der Waals surface area contributed by atoms with Crippen molar-refractivity contribution in [2.45, 2.75) is 58.8 Å². The van der Waals surface area contributed by atoms with E-state index in [0.29, 0.717) is 25.5 Å². The highest BCUT2D eigenvalue weighted by molar-refractivity contribution is 14.0. The SMILES string of the molecule is CN=C(NCc1cccc(NC(=O)CC(C)C)c1)NC1CCc2nc(COC)nn2C1.I. The van der Waals surface area contributed by atoms with E-state index >= 15 is 0 Å². The lowest BCUT2D eigenvalue weighted by atomic mass is 10.1. The normalized spacial score (nSPS) is 15.7. The molecule has 2 heterocycles. The summed E-state index contributed by atoms with van der Waals surface area (Å²) in [6, 6.07) is 8.08. The Labute approximate surface area is 206 Å². The first-order valence-corrected chi connectivity index (χ1v) is 10.7. The average Bonchev–Trinajstić information content (AvgIpc) is 3.12. The molecule has 1 aromatic heterocycles. The van der Waals surface area contributed by atoms with E-state index in [0.717, 1.165) is 48.2 Å². The molecule has 1 aliphatic rings. The molecule has 1 amide bonds. The van der Waals surface area contributed by atoms with Gasteiger partial charge in [0.25, 0.3) is 0 Å². The Kier molecular flexibility index (Phi) is 10.4. The lowest BCUT2D eigenvalue weighted by Gasteiger charge is -2.25. The second kappa shape index (κ2) is 12.7. The Morgan fingerprint density at radius 1 is 1.38 bits per heavy atom. The standard InChI is InChI=1S/C22H33N7O2.HI/c1-15(2)10-21(30)25-17-7-5-6-16(11-17)12-24-22(23-3)26-18-8-9-20-27-19(14-31-4)28-29(20)13-18;/h5-7,11,15,18H,8-10,12-14H2,1-4H3,(H,25,30)(H2,23,24,26);1H. The molecule has 10 heteroatoms. The van der Waals surface area contributed by atoms with Gasteiger partial charge in [-0.05, 0) is 30.0 Å². The lowest BCUT2D eigenvalue weighted by Crippen LogP contribution is -2.46. The second-order valence-corrected chi connectivity index (χ2v) is 8.21. The summed E-state index contributed by atoms with van der Waals surface area (Å²) in [4.78, 5) is 20.9. The van der Waals surface area contributed by atoms with Crippen molar-refractivity contribution in [1.29, 1.82) is 0 Å². The zero-order chi connectivity index (χ0) is 22.2. The molecule has 1 aliphatic heterocycles. The number of nitrogens with one attached hydrogen (secondary N) is 3. The quantitative estimate of drug-likeness (QED) is 0.263. The topological polar surface area (TPSA) is 105 Å². The monoisotopic (exact) mass is 555 g/mol. The molecule has 0 aliphatic carbocycles. The van der Waals surface area contributed by atoms with Gasteiger partial charge in [-0.15, -0.1) is 24.0 Å². The minimum atomic E-state index is 0. The summed E-state index contributed by atoms with van der Waals surface area (Å²) in [5, 5.41) is 14.3. The van der Waals surface area contributed by atoms with E-state index in [-0.39, 0.29) is 35.9 Å². The molecular weight excluding hydrogens is 521 g/mol. The molecule has 1 unspecified atom stereocenters. The molecule has 3 N–H and O–H groups in total. The Bertz CT molecular complexity index is 913. The number of anilines is 1. The number of amides is 1. The molecule has 0 saturated heterocycles. The fourth-order valence-electron chi connectivity index (χ4n) is 3.58. The molecule has 0 spiro atoms. The van der Waals surface area contributed by atoms with E-state index in [9.17, 15) is 4.79 Å². The number of hydrogen-bond acceptors (Lipinski definition) is 5. The molecule has 0 fully saturated rings. The maximum absolute atomic E-state index is 12.0. The number of aliphatic imine (C=N–C) groups is 1. The summed E-state index contributed by atoms with van der Waals surface area (Å²) < 4.78 is 7.08. The van der Waals surface area contributed by atoms with Gasteiger partial charge >= 0.3 is 0 Å². The predicted molar refractivity (Wildman–Crippen MR) is 136 cm³/mol. The Balaban J connectivity index is 0.00000363. The molecular formula is C22H34IN7O2. The van der Waals surface area contributed by atoms with Crippen LogP contribution in [0.15, 0.2) is 29.3 Å². The van der Waals surface area contributed by atoms with Crippen molar-refractivity contribution < 1.29 is 9.53 Å². The van der Waals surface area contributed by atoms with Gasteiger partial charge in [-0.1, -0.05) is 26.0 Å². The van der Waals surface area contributed by atoms with Gasteiger partial charge in [-0.25, -0.2) is 9.67 Å². The van der Waals surface area contributed by atoms with Crippen molar-refractivity contribution >= 4 is 41.5 Å².